The molecule has 1 aromatic heterocycles. The summed E-state index contributed by atoms with van der Waals surface area (Å²) in [7, 11) is 0. The van der Waals surface area contributed by atoms with Gasteiger partial charge in [0.2, 0.25) is 0 Å². The highest BCUT2D eigenvalue weighted by Crippen LogP contribution is 2.21. The smallest absolute Gasteiger partial charge is 0.274 e. The third-order valence-electron chi connectivity index (χ3n) is 2.83. The lowest BCUT2D eigenvalue weighted by Crippen LogP contribution is -2.15. The zero-order valence-electron chi connectivity index (χ0n) is 12.1. The van der Waals surface area contributed by atoms with Crippen molar-refractivity contribution in [2.75, 3.05) is 17.2 Å². The van der Waals surface area contributed by atoms with Gasteiger partial charge in [0.05, 0.1) is 10.7 Å². The summed E-state index contributed by atoms with van der Waals surface area (Å²) in [5, 5.41) is 6.53. The number of hydrogen-bond acceptors (Lipinski definition) is 3. The summed E-state index contributed by atoms with van der Waals surface area (Å²) in [6, 6.07) is 10.7. The lowest BCUT2D eigenvalue weighted by atomic mass is 10.2. The molecule has 4 nitrogen and oxygen atoms in total. The molecule has 2 N–H and O–H groups in total. The van der Waals surface area contributed by atoms with Crippen molar-refractivity contribution in [3.8, 4) is 0 Å². The van der Waals surface area contributed by atoms with Crippen molar-refractivity contribution in [1.82, 2.24) is 4.98 Å². The second kappa shape index (κ2) is 7.09. The van der Waals surface area contributed by atoms with Gasteiger partial charge in [0, 0.05) is 18.4 Å². The van der Waals surface area contributed by atoms with Gasteiger partial charge in [-0.1, -0.05) is 37.6 Å². The molecule has 1 amide bonds. The van der Waals surface area contributed by atoms with Crippen LogP contribution in [0.15, 0.2) is 42.6 Å². The summed E-state index contributed by atoms with van der Waals surface area (Å²) in [4.78, 5) is 16.3. The molecule has 0 saturated heterocycles. The number of para-hydroxylation sites is 1. The molecule has 0 radical (unpaired) electrons. The minimum atomic E-state index is -0.281. The molecule has 2 rings (SSSR count). The Morgan fingerprint density at radius 3 is 2.76 bits per heavy atom. The van der Waals surface area contributed by atoms with Crippen molar-refractivity contribution in [3.05, 3.63) is 53.3 Å². The van der Waals surface area contributed by atoms with Gasteiger partial charge in [-0.2, -0.15) is 0 Å². The maximum absolute atomic E-state index is 12.2. The van der Waals surface area contributed by atoms with E-state index in [1.54, 1.807) is 24.4 Å². The number of halogens is 1. The van der Waals surface area contributed by atoms with Crippen molar-refractivity contribution >= 4 is 28.9 Å². The quantitative estimate of drug-likeness (QED) is 0.876. The summed E-state index contributed by atoms with van der Waals surface area (Å²) < 4.78 is 0. The normalized spacial score (nSPS) is 10.5. The summed E-state index contributed by atoms with van der Waals surface area (Å²) in [5.74, 6) is 0.245. The van der Waals surface area contributed by atoms with Crippen molar-refractivity contribution in [3.63, 3.8) is 0 Å². The van der Waals surface area contributed by atoms with E-state index >= 15 is 0 Å². The first-order valence-electron chi connectivity index (χ1n) is 6.82. The Hall–Kier alpha value is -2.07. The van der Waals surface area contributed by atoms with Crippen LogP contribution in [-0.2, 0) is 0 Å². The molecule has 0 spiro atoms. The Labute approximate surface area is 129 Å². The van der Waals surface area contributed by atoms with E-state index in [9.17, 15) is 4.79 Å². The van der Waals surface area contributed by atoms with Crippen molar-refractivity contribution < 1.29 is 4.79 Å². The molecule has 5 heteroatoms. The lowest BCUT2D eigenvalue weighted by molar-refractivity contribution is 0.102. The largest absolute Gasteiger partial charge is 0.385 e. The molecular formula is C16H18ClN3O. The molecule has 0 aliphatic carbocycles. The number of carbonyl (C=O) groups is 1. The fourth-order valence-electron chi connectivity index (χ4n) is 1.74. The lowest BCUT2D eigenvalue weighted by Gasteiger charge is -2.10. The molecule has 1 aromatic carbocycles. The molecule has 0 bridgehead atoms. The number of benzene rings is 1. The predicted molar refractivity (Wildman–Crippen MR) is 87.0 cm³/mol. The molecule has 0 saturated carbocycles. The first kappa shape index (κ1) is 15.3. The predicted octanol–water partition coefficient (Wildman–Crippen LogP) is 4.06. The zero-order valence-corrected chi connectivity index (χ0v) is 12.8. The van der Waals surface area contributed by atoms with Crippen molar-refractivity contribution in [2.24, 2.45) is 5.92 Å². The molecule has 110 valence electrons. The van der Waals surface area contributed by atoms with Crippen LogP contribution in [0.1, 0.15) is 24.3 Å². The average molecular weight is 304 g/mol. The summed E-state index contributed by atoms with van der Waals surface area (Å²) in [5.41, 5.74) is 1.80. The van der Waals surface area contributed by atoms with Gasteiger partial charge in [0.1, 0.15) is 5.69 Å². The number of rotatable bonds is 5. The first-order chi connectivity index (χ1) is 10.1. The van der Waals surface area contributed by atoms with Crippen LogP contribution in [0.2, 0.25) is 5.02 Å². The van der Waals surface area contributed by atoms with Crippen LogP contribution in [0.4, 0.5) is 11.4 Å². The third-order valence-corrected chi connectivity index (χ3v) is 3.16. The molecule has 0 atom stereocenters. The number of aromatic nitrogens is 1. The van der Waals surface area contributed by atoms with E-state index in [-0.39, 0.29) is 5.91 Å². The molecule has 0 unspecified atom stereocenters. The molecule has 0 aliphatic heterocycles. The number of amides is 1. The maximum Gasteiger partial charge on any atom is 0.274 e. The first-order valence-corrected chi connectivity index (χ1v) is 7.20. The van der Waals surface area contributed by atoms with E-state index in [1.807, 2.05) is 18.2 Å². The van der Waals surface area contributed by atoms with E-state index in [2.05, 4.69) is 29.5 Å². The topological polar surface area (TPSA) is 54.0 Å². The minimum absolute atomic E-state index is 0.281. The van der Waals surface area contributed by atoms with Crippen LogP contribution in [0.5, 0.6) is 0 Å². The summed E-state index contributed by atoms with van der Waals surface area (Å²) in [6.07, 6.45) is 1.62. The van der Waals surface area contributed by atoms with Crippen LogP contribution in [0, 0.1) is 5.92 Å². The maximum atomic E-state index is 12.2. The minimum Gasteiger partial charge on any atom is -0.385 e. The Morgan fingerprint density at radius 2 is 2.05 bits per heavy atom. The molecule has 2 aromatic rings. The van der Waals surface area contributed by atoms with Gasteiger partial charge >= 0.3 is 0 Å². The number of pyridine rings is 1. The van der Waals surface area contributed by atoms with Gasteiger partial charge in [-0.3, -0.25) is 9.78 Å². The molecule has 1 heterocycles. The number of anilines is 2. The van der Waals surface area contributed by atoms with Crippen LogP contribution in [-0.4, -0.2) is 17.4 Å². The van der Waals surface area contributed by atoms with Gasteiger partial charge in [-0.05, 0) is 30.2 Å². The van der Waals surface area contributed by atoms with E-state index in [0.29, 0.717) is 22.3 Å². The van der Waals surface area contributed by atoms with Gasteiger partial charge < -0.3 is 10.6 Å². The van der Waals surface area contributed by atoms with Gasteiger partial charge in [-0.15, -0.1) is 0 Å². The van der Waals surface area contributed by atoms with Crippen LogP contribution < -0.4 is 10.6 Å². The number of hydrogen-bond donors (Lipinski definition) is 2. The van der Waals surface area contributed by atoms with Gasteiger partial charge in [-0.25, -0.2) is 0 Å². The van der Waals surface area contributed by atoms with Crippen molar-refractivity contribution in [1.29, 1.82) is 0 Å². The Bertz CT molecular complexity index is 628. The third kappa shape index (κ3) is 4.46. The Kier molecular flexibility index (Phi) is 5.17. The SMILES string of the molecule is CC(C)CNc1ccnc(C(=O)Nc2ccccc2Cl)c1. The Morgan fingerprint density at radius 1 is 1.29 bits per heavy atom. The molecule has 0 fully saturated rings. The highest BCUT2D eigenvalue weighted by Gasteiger charge is 2.10. The number of nitrogens with zero attached hydrogens (tertiary/aromatic N) is 1. The zero-order chi connectivity index (χ0) is 15.2. The van der Waals surface area contributed by atoms with Crippen LogP contribution in [0.25, 0.3) is 0 Å². The molecule has 21 heavy (non-hydrogen) atoms. The van der Waals surface area contributed by atoms with Crippen molar-refractivity contribution in [2.45, 2.75) is 13.8 Å². The van der Waals surface area contributed by atoms with Gasteiger partial charge in [0.25, 0.3) is 5.91 Å². The number of carbonyl (C=O) groups excluding carboxylic acids is 1. The monoisotopic (exact) mass is 303 g/mol. The van der Waals surface area contributed by atoms with Gasteiger partial charge in [0.15, 0.2) is 0 Å². The fourth-order valence-corrected chi connectivity index (χ4v) is 1.92. The van der Waals surface area contributed by atoms with E-state index in [1.165, 1.54) is 0 Å². The average Bonchev–Trinajstić information content (AvgIpc) is 2.48. The second-order valence-electron chi connectivity index (χ2n) is 5.14. The number of nitrogens with one attached hydrogen (secondary N) is 2. The standard InChI is InChI=1S/C16H18ClN3O/c1-11(2)10-19-12-7-8-18-15(9-12)16(21)20-14-6-4-3-5-13(14)17/h3-9,11H,10H2,1-2H3,(H,18,19)(H,20,21). The fraction of sp³-hybridized carbons (Fsp3) is 0.250. The summed E-state index contributed by atoms with van der Waals surface area (Å²) >= 11 is 6.02. The van der Waals surface area contributed by atoms with E-state index in [4.69, 9.17) is 11.6 Å². The molecular weight excluding hydrogens is 286 g/mol. The Balaban J connectivity index is 2.09. The van der Waals surface area contributed by atoms with Crippen LogP contribution in [0.3, 0.4) is 0 Å². The van der Waals surface area contributed by atoms with Crippen LogP contribution >= 0.6 is 11.6 Å². The second-order valence-corrected chi connectivity index (χ2v) is 5.55. The van der Waals surface area contributed by atoms with E-state index < -0.39 is 0 Å². The highest BCUT2D eigenvalue weighted by atomic mass is 35.5. The summed E-state index contributed by atoms with van der Waals surface area (Å²) in [6.45, 7) is 5.09. The van der Waals surface area contributed by atoms with E-state index in [0.717, 1.165) is 12.2 Å². The highest BCUT2D eigenvalue weighted by molar-refractivity contribution is 6.33. The molecule has 0 aliphatic rings.